The van der Waals surface area contributed by atoms with E-state index in [0.717, 1.165) is 14.9 Å². The first kappa shape index (κ1) is 19.2. The largest absolute Gasteiger partial charge is 0.347 e. The van der Waals surface area contributed by atoms with Gasteiger partial charge in [0.25, 0.3) is 15.9 Å². The average Bonchev–Trinajstić information content (AvgIpc) is 3.32. The molecule has 1 aliphatic rings. The number of nitrogens with one attached hydrogen (secondary N) is 1. The summed E-state index contributed by atoms with van der Waals surface area (Å²) >= 11 is 4.93. The lowest BCUT2D eigenvalue weighted by Crippen LogP contribution is -2.29. The quantitative estimate of drug-likeness (QED) is 0.600. The lowest BCUT2D eigenvalue weighted by molar-refractivity contribution is 0.0951. The fraction of sp³-hybridized carbons (Fsp3) is 0.150. The van der Waals surface area contributed by atoms with Crippen molar-refractivity contribution < 1.29 is 13.2 Å². The summed E-state index contributed by atoms with van der Waals surface area (Å²) in [6, 6.07) is 15.6. The summed E-state index contributed by atoms with van der Waals surface area (Å²) in [5.74, 6) is -0.302. The monoisotopic (exact) mass is 476 g/mol. The van der Waals surface area contributed by atoms with Crippen LogP contribution in [0.5, 0.6) is 0 Å². The number of benzene rings is 2. The van der Waals surface area contributed by atoms with Gasteiger partial charge in [-0.05, 0) is 58.2 Å². The highest BCUT2D eigenvalue weighted by atomic mass is 79.9. The Hall–Kier alpha value is -2.16. The molecule has 0 radical (unpaired) electrons. The van der Waals surface area contributed by atoms with E-state index in [1.165, 1.54) is 16.4 Å². The van der Waals surface area contributed by atoms with Crippen LogP contribution in [0.25, 0.3) is 0 Å². The molecule has 2 aromatic carbocycles. The molecule has 0 unspecified atom stereocenters. The zero-order valence-electron chi connectivity index (χ0n) is 14.8. The summed E-state index contributed by atoms with van der Waals surface area (Å²) in [5, 5.41) is 4.78. The van der Waals surface area contributed by atoms with E-state index in [1.807, 2.05) is 35.7 Å². The zero-order chi connectivity index (χ0) is 19.7. The molecule has 1 amide bonds. The summed E-state index contributed by atoms with van der Waals surface area (Å²) in [5.41, 5.74) is 2.05. The second-order valence-electron chi connectivity index (χ2n) is 6.40. The molecule has 1 aliphatic heterocycles. The standard InChI is InChI=1S/C20H17BrN2O3S2/c21-16-11-17(27-13-16)12-22-20(24)15-5-3-6-18(10-15)28(25,26)23-9-8-14-4-1-2-7-19(14)23/h1-7,10-11,13H,8-9,12H2,(H,22,24). The second kappa shape index (κ2) is 7.69. The number of fused-ring (bicyclic) bond motifs is 1. The number of anilines is 1. The van der Waals surface area contributed by atoms with Gasteiger partial charge in [0.1, 0.15) is 0 Å². The van der Waals surface area contributed by atoms with E-state index in [1.54, 1.807) is 23.5 Å². The van der Waals surface area contributed by atoms with Crippen LogP contribution in [0.2, 0.25) is 0 Å². The van der Waals surface area contributed by atoms with Gasteiger partial charge in [-0.2, -0.15) is 0 Å². The van der Waals surface area contributed by atoms with E-state index < -0.39 is 10.0 Å². The zero-order valence-corrected chi connectivity index (χ0v) is 18.0. The van der Waals surface area contributed by atoms with Crippen molar-refractivity contribution >= 4 is 48.9 Å². The first-order valence-electron chi connectivity index (χ1n) is 8.67. The van der Waals surface area contributed by atoms with Gasteiger partial charge in [0.05, 0.1) is 17.1 Å². The molecule has 0 aliphatic carbocycles. The summed E-state index contributed by atoms with van der Waals surface area (Å²) in [6.07, 6.45) is 0.686. The van der Waals surface area contributed by atoms with E-state index >= 15 is 0 Å². The molecular formula is C20H17BrN2O3S2. The maximum Gasteiger partial charge on any atom is 0.264 e. The van der Waals surface area contributed by atoms with Gasteiger partial charge in [-0.25, -0.2) is 8.42 Å². The van der Waals surface area contributed by atoms with Crippen LogP contribution in [-0.2, 0) is 23.0 Å². The Kier molecular flexibility index (Phi) is 5.27. The van der Waals surface area contributed by atoms with Crippen molar-refractivity contribution in [3.63, 3.8) is 0 Å². The van der Waals surface area contributed by atoms with Crippen molar-refractivity contribution in [3.8, 4) is 0 Å². The topological polar surface area (TPSA) is 66.5 Å². The van der Waals surface area contributed by atoms with Crippen LogP contribution in [0.1, 0.15) is 20.8 Å². The van der Waals surface area contributed by atoms with Crippen molar-refractivity contribution in [2.45, 2.75) is 17.9 Å². The number of nitrogens with zero attached hydrogens (tertiary/aromatic N) is 1. The number of hydrogen-bond acceptors (Lipinski definition) is 4. The van der Waals surface area contributed by atoms with E-state index in [0.29, 0.717) is 30.8 Å². The van der Waals surface area contributed by atoms with Gasteiger partial charge in [0.2, 0.25) is 0 Å². The lowest BCUT2D eigenvalue weighted by atomic mass is 10.2. The third-order valence-electron chi connectivity index (χ3n) is 4.57. The molecule has 0 bridgehead atoms. The van der Waals surface area contributed by atoms with Gasteiger partial charge in [-0.3, -0.25) is 9.10 Å². The predicted molar refractivity (Wildman–Crippen MR) is 114 cm³/mol. The summed E-state index contributed by atoms with van der Waals surface area (Å²) in [7, 11) is -3.72. The van der Waals surface area contributed by atoms with Crippen LogP contribution in [0, 0.1) is 0 Å². The highest BCUT2D eigenvalue weighted by Crippen LogP contribution is 2.32. The van der Waals surface area contributed by atoms with E-state index in [4.69, 9.17) is 0 Å². The van der Waals surface area contributed by atoms with Crippen LogP contribution in [0.15, 0.2) is 69.3 Å². The maximum atomic E-state index is 13.1. The Bertz CT molecular complexity index is 1140. The van der Waals surface area contributed by atoms with Crippen molar-refractivity contribution in [2.24, 2.45) is 0 Å². The Morgan fingerprint density at radius 3 is 2.75 bits per heavy atom. The van der Waals surface area contributed by atoms with Crippen molar-refractivity contribution in [1.82, 2.24) is 5.32 Å². The lowest BCUT2D eigenvalue weighted by Gasteiger charge is -2.20. The molecule has 3 aromatic rings. The van der Waals surface area contributed by atoms with Crippen molar-refractivity contribution in [1.29, 1.82) is 0 Å². The van der Waals surface area contributed by atoms with Crippen LogP contribution < -0.4 is 9.62 Å². The number of para-hydroxylation sites is 1. The minimum Gasteiger partial charge on any atom is -0.347 e. The van der Waals surface area contributed by atoms with Gasteiger partial charge in [-0.1, -0.05) is 24.3 Å². The third kappa shape index (κ3) is 3.72. The smallest absolute Gasteiger partial charge is 0.264 e. The van der Waals surface area contributed by atoms with Crippen molar-refractivity contribution in [2.75, 3.05) is 10.8 Å². The number of hydrogen-bond donors (Lipinski definition) is 1. The van der Waals surface area contributed by atoms with Crippen LogP contribution in [0.3, 0.4) is 0 Å². The summed E-state index contributed by atoms with van der Waals surface area (Å²) in [4.78, 5) is 13.6. The molecular weight excluding hydrogens is 460 g/mol. The maximum absolute atomic E-state index is 13.1. The Morgan fingerprint density at radius 2 is 1.96 bits per heavy atom. The van der Waals surface area contributed by atoms with E-state index in [2.05, 4.69) is 21.2 Å². The van der Waals surface area contributed by atoms with Crippen molar-refractivity contribution in [3.05, 3.63) is 80.5 Å². The first-order valence-corrected chi connectivity index (χ1v) is 11.8. The van der Waals surface area contributed by atoms with Crippen LogP contribution in [0.4, 0.5) is 5.69 Å². The number of amides is 1. The molecule has 0 fully saturated rings. The van der Waals surface area contributed by atoms with Crippen LogP contribution >= 0.6 is 27.3 Å². The van der Waals surface area contributed by atoms with Gasteiger partial charge in [0, 0.05) is 26.8 Å². The van der Waals surface area contributed by atoms with E-state index in [-0.39, 0.29) is 10.8 Å². The third-order valence-corrected chi connectivity index (χ3v) is 8.08. The second-order valence-corrected chi connectivity index (χ2v) is 10.2. The first-order chi connectivity index (χ1) is 13.4. The Labute approximate surface area is 176 Å². The number of thiophene rings is 1. The molecule has 1 N–H and O–H groups in total. The van der Waals surface area contributed by atoms with Crippen LogP contribution in [-0.4, -0.2) is 20.9 Å². The van der Waals surface area contributed by atoms with E-state index in [9.17, 15) is 13.2 Å². The number of rotatable bonds is 5. The predicted octanol–water partition coefficient (Wildman–Crippen LogP) is 4.19. The fourth-order valence-electron chi connectivity index (χ4n) is 3.20. The molecule has 28 heavy (non-hydrogen) atoms. The number of halogens is 1. The van der Waals surface area contributed by atoms with Gasteiger partial charge in [0.15, 0.2) is 0 Å². The summed E-state index contributed by atoms with van der Waals surface area (Å²) in [6.45, 7) is 0.803. The fourth-order valence-corrected chi connectivity index (χ4v) is 6.14. The minimum atomic E-state index is -3.72. The number of carbonyl (C=O) groups is 1. The molecule has 0 spiro atoms. The molecule has 5 nitrogen and oxygen atoms in total. The normalized spacial score (nSPS) is 13.4. The molecule has 4 rings (SSSR count). The van der Waals surface area contributed by atoms with Gasteiger partial charge in [-0.15, -0.1) is 11.3 Å². The molecule has 0 saturated carbocycles. The molecule has 0 saturated heterocycles. The SMILES string of the molecule is O=C(NCc1cc(Br)cs1)c1cccc(S(=O)(=O)N2CCc3ccccc32)c1. The molecule has 8 heteroatoms. The Morgan fingerprint density at radius 1 is 1.14 bits per heavy atom. The van der Waals surface area contributed by atoms with Gasteiger partial charge >= 0.3 is 0 Å². The molecule has 1 aromatic heterocycles. The highest BCUT2D eigenvalue weighted by molar-refractivity contribution is 9.10. The minimum absolute atomic E-state index is 0.121. The summed E-state index contributed by atoms with van der Waals surface area (Å²) < 4.78 is 28.7. The number of carbonyl (C=O) groups excluding carboxylic acids is 1. The molecule has 0 atom stereocenters. The van der Waals surface area contributed by atoms with Gasteiger partial charge < -0.3 is 5.32 Å². The molecule has 2 heterocycles. The average molecular weight is 477 g/mol. The Balaban J connectivity index is 1.55. The molecule has 144 valence electrons. The number of sulfonamides is 1. The highest BCUT2D eigenvalue weighted by Gasteiger charge is 2.30.